The fourth-order valence-corrected chi connectivity index (χ4v) is 4.41. The van der Waals surface area contributed by atoms with Crippen LogP contribution in [-0.2, 0) is 4.84 Å². The van der Waals surface area contributed by atoms with Gasteiger partial charge in [-0.15, -0.1) is 0 Å². The third-order valence-corrected chi connectivity index (χ3v) is 6.31. The van der Waals surface area contributed by atoms with Crippen LogP contribution in [0.1, 0.15) is 42.5 Å². The number of carbonyl (C=O) groups is 1. The number of nitrogens with zero attached hydrogens (tertiary/aromatic N) is 3. The Labute approximate surface area is 197 Å². The van der Waals surface area contributed by atoms with Crippen molar-refractivity contribution in [1.29, 1.82) is 0 Å². The average Bonchev–Trinajstić information content (AvgIpc) is 3.29. The lowest BCUT2D eigenvalue weighted by Gasteiger charge is -2.32. The third-order valence-electron chi connectivity index (χ3n) is 6.31. The Bertz CT molecular complexity index is 901. The summed E-state index contributed by atoms with van der Waals surface area (Å²) >= 11 is 0. The van der Waals surface area contributed by atoms with Gasteiger partial charge in [0.2, 0.25) is 0 Å². The van der Waals surface area contributed by atoms with E-state index in [0.29, 0.717) is 12.1 Å². The van der Waals surface area contributed by atoms with Crippen LogP contribution in [0.5, 0.6) is 5.75 Å². The molecule has 1 aliphatic carbocycles. The Morgan fingerprint density at radius 1 is 1.27 bits per heavy atom. The van der Waals surface area contributed by atoms with Gasteiger partial charge in [0.05, 0.1) is 5.71 Å². The number of hydrogen-bond acceptors (Lipinski definition) is 6. The van der Waals surface area contributed by atoms with Crippen molar-refractivity contribution in [3.8, 4) is 5.75 Å². The molecule has 1 aromatic rings. The summed E-state index contributed by atoms with van der Waals surface area (Å²) < 4.78 is 6.22. The fourth-order valence-electron chi connectivity index (χ4n) is 4.41. The predicted octanol–water partition coefficient (Wildman–Crippen LogP) is 3.24. The molecular formula is C26H36N4O3. The van der Waals surface area contributed by atoms with E-state index in [4.69, 9.17) is 9.57 Å². The third kappa shape index (κ3) is 6.92. The van der Waals surface area contributed by atoms with E-state index in [1.54, 1.807) is 0 Å². The van der Waals surface area contributed by atoms with Crippen molar-refractivity contribution in [3.63, 3.8) is 0 Å². The highest BCUT2D eigenvalue weighted by molar-refractivity contribution is 5.94. The van der Waals surface area contributed by atoms with Crippen molar-refractivity contribution < 1.29 is 14.4 Å². The second-order valence-electron chi connectivity index (χ2n) is 9.32. The highest BCUT2D eigenvalue weighted by atomic mass is 16.6. The molecule has 0 spiro atoms. The summed E-state index contributed by atoms with van der Waals surface area (Å²) in [4.78, 5) is 22.6. The second-order valence-corrected chi connectivity index (χ2v) is 9.32. The highest BCUT2D eigenvalue weighted by Crippen LogP contribution is 2.25. The van der Waals surface area contributed by atoms with Gasteiger partial charge in [-0.2, -0.15) is 0 Å². The number of amides is 1. The van der Waals surface area contributed by atoms with Crippen LogP contribution in [0.2, 0.25) is 0 Å². The lowest BCUT2D eigenvalue weighted by Crippen LogP contribution is -2.40. The van der Waals surface area contributed by atoms with E-state index in [9.17, 15) is 4.79 Å². The smallest absolute Gasteiger partial charge is 0.251 e. The van der Waals surface area contributed by atoms with Gasteiger partial charge in [0.1, 0.15) is 11.9 Å². The summed E-state index contributed by atoms with van der Waals surface area (Å²) in [6.07, 6.45) is 11.9. The first kappa shape index (κ1) is 23.5. The van der Waals surface area contributed by atoms with Crippen LogP contribution >= 0.6 is 0 Å². The number of hydrogen-bond donors (Lipinski definition) is 1. The maximum absolute atomic E-state index is 12.4. The molecule has 0 radical (unpaired) electrons. The van der Waals surface area contributed by atoms with E-state index < -0.39 is 0 Å². The lowest BCUT2D eigenvalue weighted by atomic mass is 9.98. The van der Waals surface area contributed by atoms with Crippen molar-refractivity contribution >= 4 is 11.6 Å². The molecule has 1 saturated heterocycles. The van der Waals surface area contributed by atoms with Gasteiger partial charge in [0.15, 0.2) is 6.10 Å². The van der Waals surface area contributed by atoms with Gasteiger partial charge in [-0.05, 0) is 63.6 Å². The number of oxime groups is 1. The molecule has 7 heteroatoms. The average molecular weight is 453 g/mol. The van der Waals surface area contributed by atoms with E-state index in [1.165, 1.54) is 5.57 Å². The molecule has 1 unspecified atom stereocenters. The SMILES string of the molecule is CN(C)CCNC(=O)c1cccc(OC2CCN(CC3=NOC(C4=CCCC=C4)C3)CC2)c1. The minimum atomic E-state index is -0.0607. The minimum absolute atomic E-state index is 0.0607. The number of nitrogens with one attached hydrogen (secondary N) is 1. The Balaban J connectivity index is 1.19. The predicted molar refractivity (Wildman–Crippen MR) is 131 cm³/mol. The summed E-state index contributed by atoms with van der Waals surface area (Å²) in [6, 6.07) is 7.49. The van der Waals surface area contributed by atoms with Crippen LogP contribution in [0.4, 0.5) is 0 Å². The Hall–Kier alpha value is -2.64. The largest absolute Gasteiger partial charge is 0.490 e. The maximum Gasteiger partial charge on any atom is 0.251 e. The van der Waals surface area contributed by atoms with Crippen LogP contribution in [-0.4, -0.2) is 80.4 Å². The van der Waals surface area contributed by atoms with Crippen LogP contribution < -0.4 is 10.1 Å². The standard InChI is InChI=1S/C26H36N4O3/c1-29(2)16-13-27-26(31)21-9-6-10-24(17-21)32-23-11-14-30(15-12-23)19-22-18-25(33-28-22)20-7-4-3-5-8-20/h4,6-10,17,23,25H,3,5,11-16,18-19H2,1-2H3,(H,27,31). The molecule has 0 aromatic heterocycles. The van der Waals surface area contributed by atoms with Gasteiger partial charge in [-0.1, -0.05) is 29.5 Å². The van der Waals surface area contributed by atoms with Gasteiger partial charge >= 0.3 is 0 Å². The van der Waals surface area contributed by atoms with E-state index in [2.05, 4.69) is 33.6 Å². The molecule has 1 N–H and O–H groups in total. The molecule has 7 nitrogen and oxygen atoms in total. The first-order chi connectivity index (χ1) is 16.1. The zero-order chi connectivity index (χ0) is 23.0. The highest BCUT2D eigenvalue weighted by Gasteiger charge is 2.27. The zero-order valence-corrected chi connectivity index (χ0v) is 19.8. The molecular weight excluding hydrogens is 416 g/mol. The van der Waals surface area contributed by atoms with Gasteiger partial charge in [-0.3, -0.25) is 9.69 Å². The van der Waals surface area contributed by atoms with E-state index in [1.807, 2.05) is 43.3 Å². The van der Waals surface area contributed by atoms with E-state index in [-0.39, 0.29) is 18.1 Å². The summed E-state index contributed by atoms with van der Waals surface area (Å²) in [7, 11) is 3.98. The normalized spacial score (nSPS) is 21.5. The fraction of sp³-hybridized carbons (Fsp3) is 0.538. The van der Waals surface area contributed by atoms with Crippen molar-refractivity contribution in [2.75, 3.05) is 46.8 Å². The van der Waals surface area contributed by atoms with E-state index in [0.717, 1.165) is 69.7 Å². The van der Waals surface area contributed by atoms with Gasteiger partial charge < -0.3 is 19.8 Å². The molecule has 1 amide bonds. The van der Waals surface area contributed by atoms with Gasteiger partial charge in [0.25, 0.3) is 5.91 Å². The summed E-state index contributed by atoms with van der Waals surface area (Å²) in [6.45, 7) is 4.25. The quantitative estimate of drug-likeness (QED) is 0.623. The molecule has 1 atom stereocenters. The molecule has 0 bridgehead atoms. The molecule has 178 valence electrons. The monoisotopic (exact) mass is 452 g/mol. The number of allylic oxidation sites excluding steroid dienone is 2. The van der Waals surface area contributed by atoms with Crippen LogP contribution in [0.3, 0.4) is 0 Å². The van der Waals surface area contributed by atoms with Crippen LogP contribution in [0.15, 0.2) is 53.2 Å². The van der Waals surface area contributed by atoms with Gasteiger partial charge in [0, 0.05) is 44.7 Å². The Morgan fingerprint density at radius 2 is 2.12 bits per heavy atom. The topological polar surface area (TPSA) is 66.4 Å². The minimum Gasteiger partial charge on any atom is -0.490 e. The molecule has 2 aliphatic heterocycles. The summed E-state index contributed by atoms with van der Waals surface area (Å²) in [5.41, 5.74) is 3.04. The van der Waals surface area contributed by atoms with Crippen molar-refractivity contribution in [3.05, 3.63) is 53.6 Å². The number of piperidine rings is 1. The maximum atomic E-state index is 12.4. The zero-order valence-electron chi connectivity index (χ0n) is 19.8. The number of ether oxygens (including phenoxy) is 1. The van der Waals surface area contributed by atoms with Gasteiger partial charge in [-0.25, -0.2) is 0 Å². The van der Waals surface area contributed by atoms with Crippen molar-refractivity contribution in [2.45, 2.75) is 44.3 Å². The molecule has 33 heavy (non-hydrogen) atoms. The Morgan fingerprint density at radius 3 is 2.88 bits per heavy atom. The number of carbonyl (C=O) groups excluding carboxylic acids is 1. The van der Waals surface area contributed by atoms with E-state index >= 15 is 0 Å². The van der Waals surface area contributed by atoms with Crippen LogP contribution in [0.25, 0.3) is 0 Å². The molecule has 1 fully saturated rings. The Kier molecular flexibility index (Phi) is 8.18. The van der Waals surface area contributed by atoms with Crippen molar-refractivity contribution in [2.24, 2.45) is 5.16 Å². The first-order valence-electron chi connectivity index (χ1n) is 12.1. The number of benzene rings is 1. The van der Waals surface area contributed by atoms with Crippen molar-refractivity contribution in [1.82, 2.24) is 15.1 Å². The molecule has 3 aliphatic rings. The molecule has 1 aromatic carbocycles. The second kappa shape index (κ2) is 11.5. The molecule has 2 heterocycles. The first-order valence-corrected chi connectivity index (χ1v) is 12.1. The van der Waals surface area contributed by atoms with Crippen LogP contribution in [0, 0.1) is 0 Å². The number of rotatable bonds is 9. The molecule has 0 saturated carbocycles. The number of likely N-dealkylation sites (N-methyl/N-ethyl adjacent to an activating group) is 1. The summed E-state index contributed by atoms with van der Waals surface area (Å²) in [5.74, 6) is 0.702. The number of likely N-dealkylation sites (tertiary alicyclic amines) is 1. The molecule has 4 rings (SSSR count). The lowest BCUT2D eigenvalue weighted by molar-refractivity contribution is 0.0946. The summed E-state index contributed by atoms with van der Waals surface area (Å²) in [5, 5.41) is 7.31.